The Morgan fingerprint density at radius 3 is 2.59 bits per heavy atom. The average Bonchev–Trinajstić information content (AvgIpc) is 2.28. The molecule has 0 radical (unpaired) electrons. The lowest BCUT2D eigenvalue weighted by Crippen LogP contribution is -2.03. The van der Waals surface area contributed by atoms with E-state index < -0.39 is 11.8 Å². The molecular formula is C12H7ClFNO2. The van der Waals surface area contributed by atoms with Crippen molar-refractivity contribution in [2.45, 2.75) is 0 Å². The Bertz CT molecular complexity index is 586. The summed E-state index contributed by atoms with van der Waals surface area (Å²) in [5.74, 6) is -1.74. The number of carbonyl (C=O) groups is 1. The predicted molar refractivity (Wildman–Crippen MR) is 61.6 cm³/mol. The molecule has 0 spiro atoms. The lowest BCUT2D eigenvalue weighted by molar-refractivity contribution is 0.0697. The third kappa shape index (κ3) is 2.12. The van der Waals surface area contributed by atoms with Crippen LogP contribution in [-0.4, -0.2) is 16.1 Å². The van der Waals surface area contributed by atoms with Gasteiger partial charge in [-0.1, -0.05) is 29.8 Å². The fourth-order valence-electron chi connectivity index (χ4n) is 1.54. The molecule has 0 atom stereocenters. The zero-order valence-corrected chi connectivity index (χ0v) is 9.28. The molecule has 1 aromatic carbocycles. The molecule has 0 amide bonds. The van der Waals surface area contributed by atoms with E-state index in [1.807, 2.05) is 0 Å². The number of benzene rings is 1. The highest BCUT2D eigenvalue weighted by Gasteiger charge is 2.18. The van der Waals surface area contributed by atoms with Crippen LogP contribution in [0.4, 0.5) is 4.39 Å². The first-order valence-electron chi connectivity index (χ1n) is 4.74. The molecule has 0 fully saturated rings. The largest absolute Gasteiger partial charge is 0.478 e. The fourth-order valence-corrected chi connectivity index (χ4v) is 1.78. The molecular weight excluding hydrogens is 245 g/mol. The first kappa shape index (κ1) is 11.5. The quantitative estimate of drug-likeness (QED) is 0.834. The highest BCUT2D eigenvalue weighted by atomic mass is 35.5. The van der Waals surface area contributed by atoms with Gasteiger partial charge in [-0.05, 0) is 12.1 Å². The third-order valence-electron chi connectivity index (χ3n) is 2.28. The Balaban J connectivity index is 2.72. The van der Waals surface area contributed by atoms with Crippen LogP contribution in [0, 0.1) is 5.82 Å². The number of hydrogen-bond donors (Lipinski definition) is 1. The molecule has 2 aromatic rings. The van der Waals surface area contributed by atoms with Gasteiger partial charge < -0.3 is 5.11 Å². The second-order valence-corrected chi connectivity index (χ2v) is 3.67. The fraction of sp³-hybridized carbons (Fsp3) is 0. The van der Waals surface area contributed by atoms with Crippen LogP contribution >= 0.6 is 11.6 Å². The normalized spacial score (nSPS) is 10.2. The molecule has 0 saturated heterocycles. The number of rotatable bonds is 2. The summed E-state index contributed by atoms with van der Waals surface area (Å²) in [5, 5.41) is 8.90. The van der Waals surface area contributed by atoms with E-state index >= 15 is 0 Å². The lowest BCUT2D eigenvalue weighted by Gasteiger charge is -2.07. The second kappa shape index (κ2) is 4.51. The van der Waals surface area contributed by atoms with E-state index in [1.54, 1.807) is 6.07 Å². The smallest absolute Gasteiger partial charge is 0.339 e. The maximum absolute atomic E-state index is 13.6. The minimum absolute atomic E-state index is 0.154. The van der Waals surface area contributed by atoms with Crippen LogP contribution < -0.4 is 0 Å². The van der Waals surface area contributed by atoms with Gasteiger partial charge in [0.1, 0.15) is 16.5 Å². The predicted octanol–water partition coefficient (Wildman–Crippen LogP) is 3.24. The summed E-state index contributed by atoms with van der Waals surface area (Å²) in [6, 6.07) is 7.33. The second-order valence-electron chi connectivity index (χ2n) is 3.31. The summed E-state index contributed by atoms with van der Waals surface area (Å²) in [6.07, 6.45) is 1.34. The Morgan fingerprint density at radius 2 is 1.94 bits per heavy atom. The maximum atomic E-state index is 13.6. The molecule has 1 N–H and O–H groups in total. The first-order chi connectivity index (χ1) is 8.11. The SMILES string of the molecule is O=C(O)c1c(-c2ccccc2F)ccnc1Cl. The Hall–Kier alpha value is -1.94. The Kier molecular flexibility index (Phi) is 3.06. The van der Waals surface area contributed by atoms with Gasteiger partial charge in [0.15, 0.2) is 0 Å². The molecule has 1 heterocycles. The molecule has 0 bridgehead atoms. The van der Waals surface area contributed by atoms with Crippen molar-refractivity contribution in [1.29, 1.82) is 0 Å². The van der Waals surface area contributed by atoms with Crippen molar-refractivity contribution in [2.24, 2.45) is 0 Å². The topological polar surface area (TPSA) is 50.2 Å². The van der Waals surface area contributed by atoms with Crippen LogP contribution in [0.25, 0.3) is 11.1 Å². The number of nitrogens with zero attached hydrogens (tertiary/aromatic N) is 1. The number of halogens is 2. The van der Waals surface area contributed by atoms with Gasteiger partial charge in [0.25, 0.3) is 0 Å². The van der Waals surface area contributed by atoms with Crippen LogP contribution in [0.3, 0.4) is 0 Å². The van der Waals surface area contributed by atoms with Crippen molar-refractivity contribution >= 4 is 17.6 Å². The highest BCUT2D eigenvalue weighted by Crippen LogP contribution is 2.29. The summed E-state index contributed by atoms with van der Waals surface area (Å²) in [7, 11) is 0. The van der Waals surface area contributed by atoms with Crippen LogP contribution in [0.5, 0.6) is 0 Å². The zero-order valence-electron chi connectivity index (χ0n) is 8.52. The van der Waals surface area contributed by atoms with Gasteiger partial charge in [-0.2, -0.15) is 0 Å². The number of carboxylic acids is 1. The van der Waals surface area contributed by atoms with E-state index in [1.165, 1.54) is 30.5 Å². The van der Waals surface area contributed by atoms with E-state index in [0.29, 0.717) is 0 Å². The van der Waals surface area contributed by atoms with E-state index in [4.69, 9.17) is 16.7 Å². The molecule has 1 aromatic heterocycles. The van der Waals surface area contributed by atoms with Crippen LogP contribution in [0.15, 0.2) is 36.5 Å². The summed E-state index contributed by atoms with van der Waals surface area (Å²) in [5.41, 5.74) is 0.212. The van der Waals surface area contributed by atoms with E-state index in [2.05, 4.69) is 4.98 Å². The van der Waals surface area contributed by atoms with Crippen molar-refractivity contribution in [3.8, 4) is 11.1 Å². The molecule has 17 heavy (non-hydrogen) atoms. The molecule has 86 valence electrons. The van der Waals surface area contributed by atoms with Gasteiger partial charge in [0.2, 0.25) is 0 Å². The number of aromatic carboxylic acids is 1. The Labute approximate surface area is 101 Å². The van der Waals surface area contributed by atoms with E-state index in [-0.39, 0.29) is 21.8 Å². The molecule has 0 saturated carbocycles. The van der Waals surface area contributed by atoms with Crippen molar-refractivity contribution in [2.75, 3.05) is 0 Å². The molecule has 0 aliphatic heterocycles. The molecule has 5 heteroatoms. The van der Waals surface area contributed by atoms with Gasteiger partial charge in [-0.15, -0.1) is 0 Å². The lowest BCUT2D eigenvalue weighted by atomic mass is 10.0. The van der Waals surface area contributed by atoms with Crippen molar-refractivity contribution in [1.82, 2.24) is 4.98 Å². The number of hydrogen-bond acceptors (Lipinski definition) is 2. The summed E-state index contributed by atoms with van der Waals surface area (Å²) >= 11 is 5.71. The minimum Gasteiger partial charge on any atom is -0.478 e. The number of aromatic nitrogens is 1. The van der Waals surface area contributed by atoms with E-state index in [0.717, 1.165) is 0 Å². The van der Waals surface area contributed by atoms with Crippen LogP contribution in [-0.2, 0) is 0 Å². The molecule has 0 aliphatic carbocycles. The van der Waals surface area contributed by atoms with Crippen molar-refractivity contribution in [3.05, 3.63) is 53.1 Å². The highest BCUT2D eigenvalue weighted by molar-refractivity contribution is 6.33. The Morgan fingerprint density at radius 1 is 1.24 bits per heavy atom. The molecule has 0 aliphatic rings. The summed E-state index contributed by atoms with van der Waals surface area (Å²) in [4.78, 5) is 14.8. The van der Waals surface area contributed by atoms with Crippen molar-refractivity contribution in [3.63, 3.8) is 0 Å². The van der Waals surface area contributed by atoms with E-state index in [9.17, 15) is 9.18 Å². The monoisotopic (exact) mass is 251 g/mol. The summed E-state index contributed by atoms with van der Waals surface area (Å²) in [6.45, 7) is 0. The van der Waals surface area contributed by atoms with Gasteiger partial charge >= 0.3 is 5.97 Å². The third-order valence-corrected chi connectivity index (χ3v) is 2.57. The van der Waals surface area contributed by atoms with Crippen LogP contribution in [0.1, 0.15) is 10.4 Å². The average molecular weight is 252 g/mol. The summed E-state index contributed by atoms with van der Waals surface area (Å²) < 4.78 is 13.6. The standard InChI is InChI=1S/C12H7ClFNO2/c13-11-10(12(16)17)8(5-6-15-11)7-3-1-2-4-9(7)14/h1-6H,(H,16,17). The minimum atomic E-state index is -1.23. The molecule has 0 unspecified atom stereocenters. The number of pyridine rings is 1. The van der Waals surface area contributed by atoms with Gasteiger partial charge in [-0.25, -0.2) is 14.2 Å². The van der Waals surface area contributed by atoms with Gasteiger partial charge in [-0.3, -0.25) is 0 Å². The zero-order chi connectivity index (χ0) is 12.4. The first-order valence-corrected chi connectivity index (χ1v) is 5.11. The number of carboxylic acid groups (broad SMARTS) is 1. The maximum Gasteiger partial charge on any atom is 0.339 e. The molecule has 3 nitrogen and oxygen atoms in total. The molecule has 2 rings (SSSR count). The van der Waals surface area contributed by atoms with Crippen molar-refractivity contribution < 1.29 is 14.3 Å². The van der Waals surface area contributed by atoms with Gasteiger partial charge in [0, 0.05) is 17.3 Å². The van der Waals surface area contributed by atoms with Crippen LogP contribution in [0.2, 0.25) is 5.15 Å². The van der Waals surface area contributed by atoms with Gasteiger partial charge in [0.05, 0.1) is 0 Å².